The number of methoxy groups -OCH3 is 1. The predicted molar refractivity (Wildman–Crippen MR) is 95.6 cm³/mol. The van der Waals surface area contributed by atoms with E-state index in [9.17, 15) is 18.0 Å². The number of ether oxygens (including phenoxy) is 1. The third-order valence-electron chi connectivity index (χ3n) is 4.66. The van der Waals surface area contributed by atoms with Gasteiger partial charge in [-0.3, -0.25) is 9.69 Å². The largest absolute Gasteiger partial charge is 0.496 e. The number of benzene rings is 2. The van der Waals surface area contributed by atoms with E-state index in [4.69, 9.17) is 4.74 Å². The van der Waals surface area contributed by atoms with Gasteiger partial charge in [-0.25, -0.2) is 0 Å². The Labute approximate surface area is 156 Å². The van der Waals surface area contributed by atoms with Crippen molar-refractivity contribution in [1.82, 2.24) is 9.80 Å². The first kappa shape index (κ1) is 19.2. The Balaban J connectivity index is 1.60. The molecule has 1 fully saturated rings. The number of hydrogen-bond donors (Lipinski definition) is 0. The van der Waals surface area contributed by atoms with E-state index in [0.717, 1.165) is 6.07 Å². The van der Waals surface area contributed by atoms with Crippen LogP contribution in [0.2, 0.25) is 0 Å². The van der Waals surface area contributed by atoms with Crippen molar-refractivity contribution < 1.29 is 22.7 Å². The van der Waals surface area contributed by atoms with Crippen molar-refractivity contribution in [1.29, 1.82) is 0 Å². The maximum absolute atomic E-state index is 12.8. The minimum atomic E-state index is -4.34. The summed E-state index contributed by atoms with van der Waals surface area (Å²) in [6.45, 7) is 2.70. The van der Waals surface area contributed by atoms with E-state index in [1.54, 1.807) is 29.2 Å². The molecule has 1 aliphatic rings. The Morgan fingerprint density at radius 1 is 1.04 bits per heavy atom. The fourth-order valence-corrected chi connectivity index (χ4v) is 3.20. The Hall–Kier alpha value is -2.54. The lowest BCUT2D eigenvalue weighted by Crippen LogP contribution is -2.48. The van der Waals surface area contributed by atoms with E-state index in [1.807, 2.05) is 6.07 Å². The zero-order valence-corrected chi connectivity index (χ0v) is 15.0. The van der Waals surface area contributed by atoms with E-state index in [-0.39, 0.29) is 5.91 Å². The molecule has 0 atom stereocenters. The molecule has 2 aromatic carbocycles. The number of para-hydroxylation sites is 1. The van der Waals surface area contributed by atoms with Crippen LogP contribution in [0.25, 0.3) is 0 Å². The molecule has 1 aliphatic heterocycles. The van der Waals surface area contributed by atoms with Crippen molar-refractivity contribution in [3.63, 3.8) is 0 Å². The number of carbonyl (C=O) groups excluding carboxylic acids is 1. The molecular formula is C20H21F3N2O2. The minimum Gasteiger partial charge on any atom is -0.496 e. The van der Waals surface area contributed by atoms with Crippen LogP contribution in [0, 0.1) is 0 Å². The van der Waals surface area contributed by atoms with Gasteiger partial charge in [0.2, 0.25) is 0 Å². The van der Waals surface area contributed by atoms with Gasteiger partial charge < -0.3 is 9.64 Å². The highest BCUT2D eigenvalue weighted by atomic mass is 19.4. The molecule has 0 bridgehead atoms. The average Bonchev–Trinajstić information content (AvgIpc) is 2.67. The lowest BCUT2D eigenvalue weighted by atomic mass is 10.1. The molecule has 0 N–H and O–H groups in total. The molecule has 0 aromatic heterocycles. The van der Waals surface area contributed by atoms with Crippen LogP contribution in [-0.4, -0.2) is 49.0 Å². The molecule has 1 heterocycles. The summed E-state index contributed by atoms with van der Waals surface area (Å²) in [5.41, 5.74) is 0.505. The van der Waals surface area contributed by atoms with Gasteiger partial charge in [0.25, 0.3) is 5.91 Å². The molecule has 0 saturated carbocycles. The molecule has 2 aromatic rings. The van der Waals surface area contributed by atoms with Gasteiger partial charge in [-0.1, -0.05) is 30.3 Å². The van der Waals surface area contributed by atoms with Crippen LogP contribution in [0.5, 0.6) is 5.75 Å². The first-order chi connectivity index (χ1) is 12.9. The maximum Gasteiger partial charge on any atom is 0.416 e. The molecular weight excluding hydrogens is 357 g/mol. The van der Waals surface area contributed by atoms with Gasteiger partial charge in [0.15, 0.2) is 0 Å². The fourth-order valence-electron chi connectivity index (χ4n) is 3.20. The molecule has 4 nitrogen and oxygen atoms in total. The molecule has 0 unspecified atom stereocenters. The van der Waals surface area contributed by atoms with Crippen LogP contribution in [0.15, 0.2) is 48.5 Å². The van der Waals surface area contributed by atoms with Gasteiger partial charge in [-0.15, -0.1) is 0 Å². The van der Waals surface area contributed by atoms with Gasteiger partial charge in [-0.05, 0) is 23.8 Å². The number of carbonyl (C=O) groups is 1. The zero-order chi connectivity index (χ0) is 19.4. The number of hydrogen-bond acceptors (Lipinski definition) is 3. The van der Waals surface area contributed by atoms with Crippen LogP contribution >= 0.6 is 0 Å². The number of nitrogens with zero attached hydrogens (tertiary/aromatic N) is 2. The van der Waals surface area contributed by atoms with Crippen LogP contribution < -0.4 is 4.74 Å². The molecule has 144 valence electrons. The van der Waals surface area contributed by atoms with Gasteiger partial charge in [-0.2, -0.15) is 13.2 Å². The van der Waals surface area contributed by atoms with Gasteiger partial charge in [0.05, 0.1) is 18.2 Å². The van der Waals surface area contributed by atoms with Crippen molar-refractivity contribution in [2.75, 3.05) is 33.3 Å². The number of alkyl halides is 3. The van der Waals surface area contributed by atoms with Crippen LogP contribution in [0.1, 0.15) is 21.5 Å². The van der Waals surface area contributed by atoms with E-state index in [2.05, 4.69) is 4.90 Å². The van der Waals surface area contributed by atoms with Crippen molar-refractivity contribution in [2.45, 2.75) is 12.7 Å². The number of piperazine rings is 1. The second-order valence-electron chi connectivity index (χ2n) is 6.47. The molecule has 0 spiro atoms. The summed E-state index contributed by atoms with van der Waals surface area (Å²) in [5.74, 6) is 0.445. The average molecular weight is 378 g/mol. The monoisotopic (exact) mass is 378 g/mol. The van der Waals surface area contributed by atoms with Crippen molar-refractivity contribution in [3.8, 4) is 5.75 Å². The number of halogens is 3. The normalized spacial score (nSPS) is 15.6. The standard InChI is InChI=1S/C20H21F3N2O2/c1-27-18-8-3-2-7-17(18)19(26)25-11-9-24(10-12-25)14-15-5-4-6-16(13-15)20(21,22)23/h2-8,13H,9-12,14H2,1H3. The summed E-state index contributed by atoms with van der Waals surface area (Å²) < 4.78 is 43.8. The highest BCUT2D eigenvalue weighted by molar-refractivity contribution is 5.97. The van der Waals surface area contributed by atoms with Crippen LogP contribution in [-0.2, 0) is 12.7 Å². The summed E-state index contributed by atoms with van der Waals surface area (Å²) in [5, 5.41) is 0. The van der Waals surface area contributed by atoms with Gasteiger partial charge >= 0.3 is 6.18 Å². The minimum absolute atomic E-state index is 0.0915. The number of amides is 1. The number of rotatable bonds is 4. The summed E-state index contributed by atoms with van der Waals surface area (Å²) >= 11 is 0. The molecule has 1 amide bonds. The maximum atomic E-state index is 12.8. The second kappa shape index (κ2) is 8.00. The van der Waals surface area contributed by atoms with E-state index < -0.39 is 11.7 Å². The molecule has 7 heteroatoms. The van der Waals surface area contributed by atoms with Crippen molar-refractivity contribution >= 4 is 5.91 Å². The van der Waals surface area contributed by atoms with Crippen molar-refractivity contribution in [3.05, 3.63) is 65.2 Å². The summed E-state index contributed by atoms with van der Waals surface area (Å²) in [4.78, 5) is 16.5. The predicted octanol–water partition coefficient (Wildman–Crippen LogP) is 3.67. The highest BCUT2D eigenvalue weighted by Gasteiger charge is 2.30. The van der Waals surface area contributed by atoms with Crippen molar-refractivity contribution in [2.24, 2.45) is 0 Å². The summed E-state index contributed by atoms with van der Waals surface area (Å²) in [6.07, 6.45) is -4.34. The topological polar surface area (TPSA) is 32.8 Å². The highest BCUT2D eigenvalue weighted by Crippen LogP contribution is 2.30. The quantitative estimate of drug-likeness (QED) is 0.814. The molecule has 1 saturated heterocycles. The Morgan fingerprint density at radius 3 is 2.41 bits per heavy atom. The Bertz CT molecular complexity index is 800. The SMILES string of the molecule is COc1ccccc1C(=O)N1CCN(Cc2cccc(C(F)(F)F)c2)CC1. The first-order valence-electron chi connectivity index (χ1n) is 8.69. The summed E-state index contributed by atoms with van der Waals surface area (Å²) in [7, 11) is 1.53. The van der Waals surface area contributed by atoms with Crippen LogP contribution in [0.4, 0.5) is 13.2 Å². The molecule has 0 radical (unpaired) electrons. The zero-order valence-electron chi connectivity index (χ0n) is 15.0. The Kier molecular flexibility index (Phi) is 5.70. The van der Waals surface area contributed by atoms with Gasteiger partial charge in [0, 0.05) is 32.7 Å². The third-order valence-corrected chi connectivity index (χ3v) is 4.66. The molecule has 3 rings (SSSR count). The van der Waals surface area contributed by atoms with Crippen LogP contribution in [0.3, 0.4) is 0 Å². The second-order valence-corrected chi connectivity index (χ2v) is 6.47. The fraction of sp³-hybridized carbons (Fsp3) is 0.350. The smallest absolute Gasteiger partial charge is 0.416 e. The first-order valence-corrected chi connectivity index (χ1v) is 8.69. The van der Waals surface area contributed by atoms with E-state index in [1.165, 1.54) is 19.2 Å². The molecule has 0 aliphatic carbocycles. The lowest BCUT2D eigenvalue weighted by Gasteiger charge is -2.35. The lowest BCUT2D eigenvalue weighted by molar-refractivity contribution is -0.137. The Morgan fingerprint density at radius 2 is 1.74 bits per heavy atom. The molecule has 27 heavy (non-hydrogen) atoms. The van der Waals surface area contributed by atoms with E-state index in [0.29, 0.717) is 49.6 Å². The third kappa shape index (κ3) is 4.60. The van der Waals surface area contributed by atoms with E-state index >= 15 is 0 Å². The van der Waals surface area contributed by atoms with Gasteiger partial charge in [0.1, 0.15) is 5.75 Å². The summed E-state index contributed by atoms with van der Waals surface area (Å²) in [6, 6.07) is 12.5.